The van der Waals surface area contributed by atoms with Crippen LogP contribution in [0, 0.1) is 5.92 Å². The maximum absolute atomic E-state index is 10.1. The molecule has 3 rings (SSSR count). The summed E-state index contributed by atoms with van der Waals surface area (Å²) in [4.78, 5) is 0. The molecule has 2 aliphatic rings. The minimum atomic E-state index is -0.662. The van der Waals surface area contributed by atoms with Crippen molar-refractivity contribution in [2.75, 3.05) is 20.3 Å². The van der Waals surface area contributed by atoms with Crippen molar-refractivity contribution in [1.29, 1.82) is 0 Å². The summed E-state index contributed by atoms with van der Waals surface area (Å²) in [5.74, 6) is 1.06. The first-order valence-electron chi connectivity index (χ1n) is 8.46. The Labute approximate surface area is 142 Å². The van der Waals surface area contributed by atoms with Gasteiger partial charge in [-0.05, 0) is 30.9 Å². The zero-order chi connectivity index (χ0) is 17.1. The van der Waals surface area contributed by atoms with Crippen LogP contribution in [0.15, 0.2) is 24.3 Å². The molecule has 0 aliphatic carbocycles. The quantitative estimate of drug-likeness (QED) is 0.873. The van der Waals surface area contributed by atoms with Crippen molar-refractivity contribution in [3.05, 3.63) is 29.8 Å². The smallest absolute Gasteiger partial charge is 0.184 e. The average molecular weight is 338 g/mol. The van der Waals surface area contributed by atoms with Gasteiger partial charge in [-0.15, -0.1) is 0 Å². The summed E-state index contributed by atoms with van der Waals surface area (Å²) in [6.07, 6.45) is -0.724. The van der Waals surface area contributed by atoms with Crippen LogP contribution in [0.5, 0.6) is 5.75 Å². The van der Waals surface area contributed by atoms with Crippen molar-refractivity contribution in [3.8, 4) is 5.75 Å². The molecule has 2 fully saturated rings. The largest absolute Gasteiger partial charge is 0.497 e. The maximum atomic E-state index is 10.1. The number of methoxy groups -OCH3 is 1. The van der Waals surface area contributed by atoms with Crippen molar-refractivity contribution in [2.45, 2.75) is 50.5 Å². The molecular formula is C18H26O6. The van der Waals surface area contributed by atoms with E-state index in [1.807, 2.05) is 24.3 Å². The fourth-order valence-corrected chi connectivity index (χ4v) is 3.38. The van der Waals surface area contributed by atoms with Gasteiger partial charge in [-0.2, -0.15) is 0 Å². The molecule has 0 aromatic heterocycles. The van der Waals surface area contributed by atoms with Gasteiger partial charge in [-0.1, -0.05) is 19.1 Å². The van der Waals surface area contributed by atoms with Crippen molar-refractivity contribution in [1.82, 2.24) is 0 Å². The Morgan fingerprint density at radius 3 is 2.54 bits per heavy atom. The highest BCUT2D eigenvalue weighted by Gasteiger charge is 2.39. The molecule has 6 atom stereocenters. The van der Waals surface area contributed by atoms with Crippen LogP contribution >= 0.6 is 0 Å². The molecule has 2 aliphatic heterocycles. The highest BCUT2D eigenvalue weighted by molar-refractivity contribution is 5.28. The van der Waals surface area contributed by atoms with E-state index in [1.54, 1.807) is 7.11 Å². The van der Waals surface area contributed by atoms with E-state index < -0.39 is 18.5 Å². The predicted octanol–water partition coefficient (Wildman–Crippen LogP) is 1.65. The molecule has 0 amide bonds. The third-order valence-electron chi connectivity index (χ3n) is 4.75. The third-order valence-corrected chi connectivity index (χ3v) is 4.75. The van der Waals surface area contributed by atoms with Crippen LogP contribution in [0.2, 0.25) is 0 Å². The first-order chi connectivity index (χ1) is 11.6. The number of aliphatic hydroxyl groups excluding tert-OH is 2. The number of ether oxygens (including phenoxy) is 4. The second kappa shape index (κ2) is 7.80. The summed E-state index contributed by atoms with van der Waals surface area (Å²) >= 11 is 0. The molecule has 1 aromatic rings. The van der Waals surface area contributed by atoms with E-state index in [0.29, 0.717) is 13.0 Å². The van der Waals surface area contributed by atoms with Crippen LogP contribution in [0.4, 0.5) is 0 Å². The summed E-state index contributed by atoms with van der Waals surface area (Å²) in [6, 6.07) is 7.61. The molecule has 2 heterocycles. The Balaban J connectivity index is 1.71. The monoisotopic (exact) mass is 338 g/mol. The van der Waals surface area contributed by atoms with Crippen LogP contribution < -0.4 is 4.74 Å². The van der Waals surface area contributed by atoms with Gasteiger partial charge in [0.15, 0.2) is 6.29 Å². The average Bonchev–Trinajstić information content (AvgIpc) is 2.59. The third kappa shape index (κ3) is 3.90. The number of hydrogen-bond donors (Lipinski definition) is 2. The fourth-order valence-electron chi connectivity index (χ4n) is 3.38. The first kappa shape index (κ1) is 17.6. The van der Waals surface area contributed by atoms with Gasteiger partial charge in [0.05, 0.1) is 32.5 Å². The summed E-state index contributed by atoms with van der Waals surface area (Å²) < 4.78 is 23.0. The topological polar surface area (TPSA) is 77.4 Å². The minimum Gasteiger partial charge on any atom is -0.497 e. The summed E-state index contributed by atoms with van der Waals surface area (Å²) in [7, 11) is 1.63. The molecule has 1 aromatic carbocycles. The molecule has 0 saturated carbocycles. The standard InChI is InChI=1S/C18H26O6/c1-11-7-14(20)16(9-19)23-17-10-22-18(24-15(17)8-11)12-3-5-13(21-2)6-4-12/h3-6,11,14-20H,7-10H2,1-2H3/t11-,14+,15-,16-,17+,18+/m0/s1. The van der Waals surface area contributed by atoms with E-state index in [1.165, 1.54) is 0 Å². The van der Waals surface area contributed by atoms with Gasteiger partial charge in [0.25, 0.3) is 0 Å². The van der Waals surface area contributed by atoms with Crippen LogP contribution in [0.1, 0.15) is 31.6 Å². The Morgan fingerprint density at radius 1 is 1.12 bits per heavy atom. The van der Waals surface area contributed by atoms with Crippen LogP contribution in [-0.2, 0) is 14.2 Å². The van der Waals surface area contributed by atoms with E-state index in [-0.39, 0.29) is 24.7 Å². The van der Waals surface area contributed by atoms with Gasteiger partial charge in [-0.25, -0.2) is 0 Å². The van der Waals surface area contributed by atoms with Crippen molar-refractivity contribution in [3.63, 3.8) is 0 Å². The molecule has 6 nitrogen and oxygen atoms in total. The molecular weight excluding hydrogens is 312 g/mol. The van der Waals surface area contributed by atoms with Crippen LogP contribution in [0.25, 0.3) is 0 Å². The van der Waals surface area contributed by atoms with E-state index >= 15 is 0 Å². The van der Waals surface area contributed by atoms with E-state index in [2.05, 4.69) is 6.92 Å². The number of rotatable bonds is 3. The van der Waals surface area contributed by atoms with Gasteiger partial charge >= 0.3 is 0 Å². The molecule has 0 radical (unpaired) electrons. The lowest BCUT2D eigenvalue weighted by Crippen LogP contribution is -2.50. The SMILES string of the molecule is COc1ccc([C@@H]2OC[C@H]3O[C@@H](CO)[C@H](O)C[C@H](C)C[C@@H]3O2)cc1. The molecule has 0 bridgehead atoms. The first-order valence-corrected chi connectivity index (χ1v) is 8.46. The lowest BCUT2D eigenvalue weighted by molar-refractivity contribution is -0.287. The van der Waals surface area contributed by atoms with Gasteiger partial charge in [-0.3, -0.25) is 0 Å². The molecule has 0 unspecified atom stereocenters. The number of fused-ring (bicyclic) bond motifs is 1. The molecule has 0 spiro atoms. The Morgan fingerprint density at radius 2 is 1.88 bits per heavy atom. The Kier molecular flexibility index (Phi) is 5.73. The summed E-state index contributed by atoms with van der Waals surface area (Å²) in [5, 5.41) is 19.6. The number of hydrogen-bond acceptors (Lipinski definition) is 6. The molecule has 24 heavy (non-hydrogen) atoms. The zero-order valence-electron chi connectivity index (χ0n) is 14.1. The fraction of sp³-hybridized carbons (Fsp3) is 0.667. The van der Waals surface area contributed by atoms with Gasteiger partial charge in [0.2, 0.25) is 0 Å². The summed E-state index contributed by atoms with van der Waals surface area (Å²) in [6.45, 7) is 2.25. The normalized spacial score (nSPS) is 37.2. The lowest BCUT2D eigenvalue weighted by Gasteiger charge is -2.42. The Bertz CT molecular complexity index is 519. The number of benzene rings is 1. The highest BCUT2D eigenvalue weighted by Crippen LogP contribution is 2.34. The number of aliphatic hydroxyl groups is 2. The van der Waals surface area contributed by atoms with Gasteiger partial charge in [0, 0.05) is 5.56 Å². The lowest BCUT2D eigenvalue weighted by atomic mass is 9.90. The van der Waals surface area contributed by atoms with E-state index in [4.69, 9.17) is 18.9 Å². The van der Waals surface area contributed by atoms with E-state index in [9.17, 15) is 10.2 Å². The van der Waals surface area contributed by atoms with Crippen molar-refractivity contribution >= 4 is 0 Å². The maximum Gasteiger partial charge on any atom is 0.184 e. The van der Waals surface area contributed by atoms with Crippen LogP contribution in [0.3, 0.4) is 0 Å². The second-order valence-electron chi connectivity index (χ2n) is 6.65. The molecule has 6 heteroatoms. The van der Waals surface area contributed by atoms with Crippen LogP contribution in [-0.4, -0.2) is 55.0 Å². The Hall–Kier alpha value is -1.18. The van der Waals surface area contributed by atoms with Crippen molar-refractivity contribution in [2.24, 2.45) is 5.92 Å². The summed E-state index contributed by atoms with van der Waals surface area (Å²) in [5.41, 5.74) is 0.933. The molecule has 2 saturated heterocycles. The van der Waals surface area contributed by atoms with Gasteiger partial charge < -0.3 is 29.2 Å². The van der Waals surface area contributed by atoms with Crippen molar-refractivity contribution < 1.29 is 29.2 Å². The highest BCUT2D eigenvalue weighted by atomic mass is 16.7. The van der Waals surface area contributed by atoms with E-state index in [0.717, 1.165) is 17.7 Å². The zero-order valence-corrected chi connectivity index (χ0v) is 14.1. The minimum absolute atomic E-state index is 0.123. The second-order valence-corrected chi connectivity index (χ2v) is 6.65. The van der Waals surface area contributed by atoms with Gasteiger partial charge in [0.1, 0.15) is 18.0 Å². The predicted molar refractivity (Wildman–Crippen MR) is 86.7 cm³/mol. The molecule has 134 valence electrons. The molecule has 2 N–H and O–H groups in total.